The van der Waals surface area contributed by atoms with Crippen LogP contribution in [0.4, 0.5) is 0 Å². The van der Waals surface area contributed by atoms with Crippen LogP contribution in [0.15, 0.2) is 0 Å². The van der Waals surface area contributed by atoms with Crippen LogP contribution in [0.3, 0.4) is 0 Å². The van der Waals surface area contributed by atoms with E-state index in [1.165, 1.54) is 51.7 Å². The van der Waals surface area contributed by atoms with Crippen LogP contribution in [-0.4, -0.2) is 59.3 Å². The lowest BCUT2D eigenvalue weighted by atomic mass is 9.67. The Labute approximate surface area is 130 Å². The van der Waals surface area contributed by atoms with Crippen molar-refractivity contribution in [3.05, 3.63) is 0 Å². The molecule has 0 radical (unpaired) electrons. The molecule has 3 aliphatic rings. The zero-order valence-electron chi connectivity index (χ0n) is 14.2. The Hall–Kier alpha value is -0.120. The molecule has 1 saturated carbocycles. The molecule has 1 aliphatic carbocycles. The summed E-state index contributed by atoms with van der Waals surface area (Å²) in [7, 11) is 0. The second kappa shape index (κ2) is 6.17. The Morgan fingerprint density at radius 1 is 1.05 bits per heavy atom. The van der Waals surface area contributed by atoms with E-state index in [2.05, 4.69) is 30.6 Å². The van der Waals surface area contributed by atoms with Gasteiger partial charge >= 0.3 is 0 Å². The van der Waals surface area contributed by atoms with Gasteiger partial charge in [-0.15, -0.1) is 0 Å². The van der Waals surface area contributed by atoms with Gasteiger partial charge in [-0.2, -0.15) is 0 Å². The van der Waals surface area contributed by atoms with Crippen molar-refractivity contribution in [3.63, 3.8) is 0 Å². The van der Waals surface area contributed by atoms with Gasteiger partial charge in [-0.05, 0) is 50.0 Å². The lowest BCUT2D eigenvalue weighted by molar-refractivity contribution is -0.0428. The molecule has 122 valence electrons. The third kappa shape index (κ3) is 3.16. The average molecular weight is 294 g/mol. The molecule has 2 aliphatic heterocycles. The molecule has 0 bridgehead atoms. The van der Waals surface area contributed by atoms with Crippen LogP contribution in [0.5, 0.6) is 0 Å². The maximum atomic E-state index is 10.6. The summed E-state index contributed by atoms with van der Waals surface area (Å²) < 4.78 is 0. The van der Waals surface area contributed by atoms with Crippen molar-refractivity contribution in [3.8, 4) is 0 Å². The van der Waals surface area contributed by atoms with Crippen LogP contribution in [-0.2, 0) is 0 Å². The van der Waals surface area contributed by atoms with Crippen molar-refractivity contribution < 1.29 is 5.11 Å². The van der Waals surface area contributed by atoms with Gasteiger partial charge in [0.25, 0.3) is 0 Å². The second-order valence-corrected chi connectivity index (χ2v) is 8.31. The highest BCUT2D eigenvalue weighted by atomic mass is 16.3. The van der Waals surface area contributed by atoms with Crippen LogP contribution < -0.4 is 0 Å². The van der Waals surface area contributed by atoms with Crippen molar-refractivity contribution in [2.75, 3.05) is 26.2 Å². The molecule has 0 aromatic heterocycles. The Balaban J connectivity index is 1.65. The van der Waals surface area contributed by atoms with Gasteiger partial charge in [-0.3, -0.25) is 9.80 Å². The Kier molecular flexibility index (Phi) is 4.63. The summed E-state index contributed by atoms with van der Waals surface area (Å²) in [6, 6.07) is 1.18. The third-order valence-corrected chi connectivity index (χ3v) is 6.89. The third-order valence-electron chi connectivity index (χ3n) is 6.89. The SMILES string of the molecule is CCC(C)(C)C1CCC(O)C(N2CCN3CCCC3C2)C1. The second-order valence-electron chi connectivity index (χ2n) is 8.31. The summed E-state index contributed by atoms with van der Waals surface area (Å²) in [5.41, 5.74) is 0.424. The van der Waals surface area contributed by atoms with Gasteiger partial charge in [-0.1, -0.05) is 27.2 Å². The fraction of sp³-hybridized carbons (Fsp3) is 1.00. The highest BCUT2D eigenvalue weighted by Gasteiger charge is 2.41. The first kappa shape index (κ1) is 15.8. The fourth-order valence-electron chi connectivity index (χ4n) is 4.84. The lowest BCUT2D eigenvalue weighted by Gasteiger charge is -2.48. The molecular weight excluding hydrogens is 260 g/mol. The van der Waals surface area contributed by atoms with Gasteiger partial charge < -0.3 is 5.11 Å². The lowest BCUT2D eigenvalue weighted by Crippen LogP contribution is -2.58. The smallest absolute Gasteiger partial charge is 0.0695 e. The number of rotatable bonds is 3. The largest absolute Gasteiger partial charge is 0.391 e. The zero-order chi connectivity index (χ0) is 15.0. The van der Waals surface area contributed by atoms with E-state index in [0.717, 1.165) is 24.9 Å². The summed E-state index contributed by atoms with van der Waals surface area (Å²) in [5, 5.41) is 10.6. The maximum absolute atomic E-state index is 10.6. The molecule has 3 heteroatoms. The molecule has 4 unspecified atom stereocenters. The summed E-state index contributed by atoms with van der Waals surface area (Å²) in [6.07, 6.45) is 7.30. The van der Waals surface area contributed by atoms with E-state index in [1.54, 1.807) is 0 Å². The first-order valence-electron chi connectivity index (χ1n) is 9.17. The van der Waals surface area contributed by atoms with Crippen LogP contribution in [0, 0.1) is 11.3 Å². The standard InChI is InChI=1S/C18H34N2O/c1-4-18(2,3)14-7-8-17(21)16(12-14)20-11-10-19-9-5-6-15(19)13-20/h14-17,21H,4-13H2,1-3H3. The molecule has 3 fully saturated rings. The van der Waals surface area contributed by atoms with E-state index in [-0.39, 0.29) is 6.10 Å². The van der Waals surface area contributed by atoms with Crippen molar-refractivity contribution in [2.45, 2.75) is 77.5 Å². The molecule has 0 aromatic rings. The normalized spacial score (nSPS) is 39.4. The first-order valence-corrected chi connectivity index (χ1v) is 9.17. The summed E-state index contributed by atoms with van der Waals surface area (Å²) in [6.45, 7) is 12.0. The molecule has 1 N–H and O–H groups in total. The molecule has 3 rings (SSSR count). The highest BCUT2D eigenvalue weighted by molar-refractivity contribution is 4.96. The Morgan fingerprint density at radius 2 is 1.81 bits per heavy atom. The molecule has 0 amide bonds. The molecule has 2 heterocycles. The predicted molar refractivity (Wildman–Crippen MR) is 87.4 cm³/mol. The minimum Gasteiger partial charge on any atom is -0.391 e. The van der Waals surface area contributed by atoms with Crippen molar-refractivity contribution >= 4 is 0 Å². The monoisotopic (exact) mass is 294 g/mol. The van der Waals surface area contributed by atoms with Gasteiger partial charge in [0, 0.05) is 31.7 Å². The summed E-state index contributed by atoms with van der Waals surface area (Å²) >= 11 is 0. The first-order chi connectivity index (χ1) is 10.0. The molecule has 3 nitrogen and oxygen atoms in total. The van der Waals surface area contributed by atoms with E-state index >= 15 is 0 Å². The minimum atomic E-state index is -0.0955. The molecule has 21 heavy (non-hydrogen) atoms. The van der Waals surface area contributed by atoms with Crippen molar-refractivity contribution in [1.82, 2.24) is 9.80 Å². The van der Waals surface area contributed by atoms with Crippen LogP contribution in [0.2, 0.25) is 0 Å². The van der Waals surface area contributed by atoms with Crippen LogP contribution in [0.1, 0.15) is 59.3 Å². The fourth-order valence-corrected chi connectivity index (χ4v) is 4.84. The van der Waals surface area contributed by atoms with Gasteiger partial charge in [0.2, 0.25) is 0 Å². The number of hydrogen-bond donors (Lipinski definition) is 1. The number of piperazine rings is 1. The molecule has 4 atom stereocenters. The molecular formula is C18H34N2O. The highest BCUT2D eigenvalue weighted by Crippen LogP contribution is 2.42. The number of fused-ring (bicyclic) bond motifs is 1. The van der Waals surface area contributed by atoms with E-state index < -0.39 is 0 Å². The number of aliphatic hydroxyl groups is 1. The van der Waals surface area contributed by atoms with Gasteiger partial charge in [0.15, 0.2) is 0 Å². The predicted octanol–water partition coefficient (Wildman–Crippen LogP) is 2.73. The van der Waals surface area contributed by atoms with Crippen LogP contribution in [0.25, 0.3) is 0 Å². The van der Waals surface area contributed by atoms with E-state index in [1.807, 2.05) is 0 Å². The van der Waals surface area contributed by atoms with E-state index in [0.29, 0.717) is 11.5 Å². The quantitative estimate of drug-likeness (QED) is 0.867. The topological polar surface area (TPSA) is 26.7 Å². The zero-order valence-corrected chi connectivity index (χ0v) is 14.2. The van der Waals surface area contributed by atoms with E-state index in [9.17, 15) is 5.11 Å². The van der Waals surface area contributed by atoms with Crippen molar-refractivity contribution in [2.24, 2.45) is 11.3 Å². The van der Waals surface area contributed by atoms with E-state index in [4.69, 9.17) is 0 Å². The Bertz CT molecular complexity index is 357. The number of hydrogen-bond acceptors (Lipinski definition) is 3. The van der Waals surface area contributed by atoms with Gasteiger partial charge in [-0.25, -0.2) is 0 Å². The average Bonchev–Trinajstić information content (AvgIpc) is 2.95. The number of nitrogens with zero attached hydrogens (tertiary/aromatic N) is 2. The summed E-state index contributed by atoms with van der Waals surface area (Å²) in [4.78, 5) is 5.30. The molecule has 0 aromatic carbocycles. The van der Waals surface area contributed by atoms with Gasteiger partial charge in [0.05, 0.1) is 6.10 Å². The molecule has 0 spiro atoms. The Morgan fingerprint density at radius 3 is 2.57 bits per heavy atom. The molecule has 2 saturated heterocycles. The summed E-state index contributed by atoms with van der Waals surface area (Å²) in [5.74, 6) is 0.775. The number of aliphatic hydroxyl groups excluding tert-OH is 1. The minimum absolute atomic E-state index is 0.0955. The van der Waals surface area contributed by atoms with Crippen LogP contribution >= 0.6 is 0 Å². The maximum Gasteiger partial charge on any atom is 0.0695 e. The van der Waals surface area contributed by atoms with Gasteiger partial charge in [0.1, 0.15) is 0 Å². The van der Waals surface area contributed by atoms with Crippen molar-refractivity contribution in [1.29, 1.82) is 0 Å².